The van der Waals surface area contributed by atoms with E-state index >= 15 is 0 Å². The molecule has 120 valence electrons. The lowest BCUT2D eigenvalue weighted by atomic mass is 10.0. The van der Waals surface area contributed by atoms with Crippen molar-refractivity contribution in [3.63, 3.8) is 0 Å². The number of halogens is 2. The molecule has 0 heterocycles. The van der Waals surface area contributed by atoms with E-state index in [0.717, 1.165) is 0 Å². The molecule has 0 saturated carbocycles. The van der Waals surface area contributed by atoms with Crippen LogP contribution in [0.25, 0.3) is 10.8 Å². The van der Waals surface area contributed by atoms with E-state index in [1.54, 1.807) is 30.3 Å². The first-order valence-corrected chi connectivity index (χ1v) is 7.78. The zero-order valence-corrected chi connectivity index (χ0v) is 13.8. The van der Waals surface area contributed by atoms with Gasteiger partial charge in [0.05, 0.1) is 11.3 Å². The van der Waals surface area contributed by atoms with Crippen LogP contribution in [0.3, 0.4) is 0 Å². The molecular formula is C18H11BrFNO3. The Labute approximate surface area is 145 Å². The first-order chi connectivity index (χ1) is 11.5. The molecule has 3 rings (SSSR count). The number of carboxylic acid groups (broad SMARTS) is 1. The molecule has 2 N–H and O–H groups in total. The second-order valence-corrected chi connectivity index (χ2v) is 6.01. The lowest BCUT2D eigenvalue weighted by Gasteiger charge is -2.11. The van der Waals surface area contributed by atoms with Crippen LogP contribution in [0.1, 0.15) is 20.7 Å². The van der Waals surface area contributed by atoms with E-state index in [1.807, 2.05) is 0 Å². The fourth-order valence-electron chi connectivity index (χ4n) is 2.45. The molecule has 3 aromatic rings. The molecule has 3 aromatic carbocycles. The number of aromatic carboxylic acids is 1. The van der Waals surface area contributed by atoms with Gasteiger partial charge in [-0.1, -0.05) is 40.2 Å². The topological polar surface area (TPSA) is 66.4 Å². The Morgan fingerprint density at radius 2 is 1.67 bits per heavy atom. The first-order valence-electron chi connectivity index (χ1n) is 6.99. The Balaban J connectivity index is 2.03. The van der Waals surface area contributed by atoms with Gasteiger partial charge in [-0.05, 0) is 35.7 Å². The van der Waals surface area contributed by atoms with Crippen LogP contribution >= 0.6 is 15.9 Å². The van der Waals surface area contributed by atoms with Crippen LogP contribution in [-0.2, 0) is 0 Å². The molecule has 0 aliphatic rings. The van der Waals surface area contributed by atoms with Crippen LogP contribution in [0.4, 0.5) is 10.1 Å². The van der Waals surface area contributed by atoms with E-state index in [0.29, 0.717) is 15.2 Å². The number of hydrogen-bond donors (Lipinski definition) is 2. The minimum absolute atomic E-state index is 0.0378. The number of amides is 1. The number of hydrogen-bond acceptors (Lipinski definition) is 2. The maximum absolute atomic E-state index is 13.9. The largest absolute Gasteiger partial charge is 0.478 e. The summed E-state index contributed by atoms with van der Waals surface area (Å²) in [7, 11) is 0. The van der Waals surface area contributed by atoms with Crippen molar-refractivity contribution in [1.82, 2.24) is 0 Å². The molecule has 1 amide bonds. The number of benzene rings is 3. The lowest BCUT2D eigenvalue weighted by molar-refractivity contribution is 0.0698. The SMILES string of the molecule is O=C(O)c1cc(Br)ccc1NC(=O)c1ccc(F)c2ccccc12. The van der Waals surface area contributed by atoms with Gasteiger partial charge >= 0.3 is 5.97 Å². The highest BCUT2D eigenvalue weighted by Gasteiger charge is 2.16. The quantitative estimate of drug-likeness (QED) is 0.684. The Morgan fingerprint density at radius 1 is 0.958 bits per heavy atom. The minimum Gasteiger partial charge on any atom is -0.478 e. The van der Waals surface area contributed by atoms with Crippen molar-refractivity contribution >= 4 is 44.3 Å². The Morgan fingerprint density at radius 3 is 2.38 bits per heavy atom. The zero-order chi connectivity index (χ0) is 17.3. The monoisotopic (exact) mass is 387 g/mol. The van der Waals surface area contributed by atoms with Crippen LogP contribution in [0, 0.1) is 5.82 Å². The third-order valence-electron chi connectivity index (χ3n) is 3.58. The summed E-state index contributed by atoms with van der Waals surface area (Å²) in [5.74, 6) is -2.08. The predicted molar refractivity (Wildman–Crippen MR) is 93.0 cm³/mol. The highest BCUT2D eigenvalue weighted by Crippen LogP contribution is 2.25. The molecular weight excluding hydrogens is 377 g/mol. The summed E-state index contributed by atoms with van der Waals surface area (Å²) in [6, 6.07) is 13.8. The predicted octanol–water partition coefficient (Wildman–Crippen LogP) is 4.69. The summed E-state index contributed by atoms with van der Waals surface area (Å²) in [6.07, 6.45) is 0. The van der Waals surface area contributed by atoms with Crippen molar-refractivity contribution in [2.75, 3.05) is 5.32 Å². The van der Waals surface area contributed by atoms with Gasteiger partial charge in [0.15, 0.2) is 0 Å². The Bertz CT molecular complexity index is 972. The van der Waals surface area contributed by atoms with E-state index in [-0.39, 0.29) is 16.8 Å². The summed E-state index contributed by atoms with van der Waals surface area (Å²) < 4.78 is 14.4. The molecule has 0 saturated heterocycles. The van der Waals surface area contributed by atoms with Crippen molar-refractivity contribution in [2.24, 2.45) is 0 Å². The third-order valence-corrected chi connectivity index (χ3v) is 4.07. The molecule has 0 radical (unpaired) electrons. The van der Waals surface area contributed by atoms with Gasteiger partial charge in [-0.25, -0.2) is 9.18 Å². The van der Waals surface area contributed by atoms with Gasteiger partial charge in [-0.2, -0.15) is 0 Å². The van der Waals surface area contributed by atoms with Gasteiger partial charge < -0.3 is 10.4 Å². The average molecular weight is 388 g/mol. The van der Waals surface area contributed by atoms with E-state index < -0.39 is 17.7 Å². The molecule has 0 unspecified atom stereocenters. The van der Waals surface area contributed by atoms with Crippen LogP contribution < -0.4 is 5.32 Å². The first kappa shape index (κ1) is 16.1. The molecule has 0 fully saturated rings. The minimum atomic E-state index is -1.16. The van der Waals surface area contributed by atoms with Crippen LogP contribution in [0.15, 0.2) is 59.1 Å². The molecule has 0 bridgehead atoms. The van der Waals surface area contributed by atoms with Crippen LogP contribution in [-0.4, -0.2) is 17.0 Å². The van der Waals surface area contributed by atoms with Gasteiger partial charge in [-0.3, -0.25) is 4.79 Å². The maximum atomic E-state index is 13.9. The van der Waals surface area contributed by atoms with Crippen LogP contribution in [0.5, 0.6) is 0 Å². The van der Waals surface area contributed by atoms with Gasteiger partial charge in [-0.15, -0.1) is 0 Å². The van der Waals surface area contributed by atoms with Crippen molar-refractivity contribution in [3.8, 4) is 0 Å². The summed E-state index contributed by atoms with van der Waals surface area (Å²) in [5.41, 5.74) is 0.402. The highest BCUT2D eigenvalue weighted by atomic mass is 79.9. The number of fused-ring (bicyclic) bond motifs is 1. The number of rotatable bonds is 3. The number of carbonyl (C=O) groups is 2. The fourth-order valence-corrected chi connectivity index (χ4v) is 2.81. The summed E-state index contributed by atoms with van der Waals surface area (Å²) >= 11 is 3.20. The average Bonchev–Trinajstić information content (AvgIpc) is 2.56. The molecule has 0 spiro atoms. The molecule has 0 aliphatic heterocycles. The third kappa shape index (κ3) is 3.00. The second kappa shape index (κ2) is 6.41. The summed E-state index contributed by atoms with van der Waals surface area (Å²) in [5, 5.41) is 12.6. The van der Waals surface area contributed by atoms with Crippen molar-refractivity contribution in [1.29, 1.82) is 0 Å². The van der Waals surface area contributed by atoms with Gasteiger partial charge in [0.2, 0.25) is 0 Å². The van der Waals surface area contributed by atoms with E-state index in [1.165, 1.54) is 24.3 Å². The number of carbonyl (C=O) groups excluding carboxylic acids is 1. The highest BCUT2D eigenvalue weighted by molar-refractivity contribution is 9.10. The van der Waals surface area contributed by atoms with E-state index in [4.69, 9.17) is 0 Å². The normalized spacial score (nSPS) is 10.6. The second-order valence-electron chi connectivity index (χ2n) is 5.09. The van der Waals surface area contributed by atoms with Gasteiger partial charge in [0, 0.05) is 15.4 Å². The van der Waals surface area contributed by atoms with E-state index in [2.05, 4.69) is 21.2 Å². The summed E-state index contributed by atoms with van der Waals surface area (Å²) in [4.78, 5) is 23.9. The molecule has 6 heteroatoms. The molecule has 0 aromatic heterocycles. The van der Waals surface area contributed by atoms with Gasteiger partial charge in [0.1, 0.15) is 5.82 Å². The lowest BCUT2D eigenvalue weighted by Crippen LogP contribution is -2.15. The Hall–Kier alpha value is -2.73. The standard InChI is InChI=1S/C18H11BrFNO3/c19-10-5-8-16(14(9-10)18(23)24)21-17(22)13-6-7-15(20)12-4-2-1-3-11(12)13/h1-9H,(H,21,22)(H,23,24). The molecule has 4 nitrogen and oxygen atoms in total. The van der Waals surface area contributed by atoms with Crippen LogP contribution in [0.2, 0.25) is 0 Å². The van der Waals surface area contributed by atoms with Crippen molar-refractivity contribution in [2.45, 2.75) is 0 Å². The fraction of sp³-hybridized carbons (Fsp3) is 0. The Kier molecular flexibility index (Phi) is 4.31. The zero-order valence-electron chi connectivity index (χ0n) is 12.2. The molecule has 24 heavy (non-hydrogen) atoms. The van der Waals surface area contributed by atoms with Crippen molar-refractivity contribution < 1.29 is 19.1 Å². The van der Waals surface area contributed by atoms with Crippen molar-refractivity contribution in [3.05, 3.63) is 76.0 Å². The number of carboxylic acids is 1. The number of anilines is 1. The smallest absolute Gasteiger partial charge is 0.337 e. The number of nitrogens with one attached hydrogen (secondary N) is 1. The molecule has 0 atom stereocenters. The summed E-state index contributed by atoms with van der Waals surface area (Å²) in [6.45, 7) is 0. The molecule has 0 aliphatic carbocycles. The van der Waals surface area contributed by atoms with E-state index in [9.17, 15) is 19.1 Å². The maximum Gasteiger partial charge on any atom is 0.337 e. The van der Waals surface area contributed by atoms with Gasteiger partial charge in [0.25, 0.3) is 5.91 Å².